The minimum Gasteiger partial charge on any atom is -0.375 e. The van der Waals surface area contributed by atoms with E-state index in [-0.39, 0.29) is 0 Å². The summed E-state index contributed by atoms with van der Waals surface area (Å²) in [5.74, 6) is -1.37. The highest BCUT2D eigenvalue weighted by atomic mass is 28.4. The summed E-state index contributed by atoms with van der Waals surface area (Å²) in [5, 5.41) is 0. The molecule has 5 heteroatoms. The molecule has 0 aromatic carbocycles. The molecule has 0 aliphatic rings. The highest BCUT2D eigenvalue weighted by molar-refractivity contribution is 6.62. The van der Waals surface area contributed by atoms with Gasteiger partial charge in [0.05, 0.1) is 0 Å². The first kappa shape index (κ1) is 10.8. The molecule has 0 radical (unpaired) electrons. The Balaban J connectivity index is 4.38. The minimum absolute atomic E-state index is 1.11. The van der Waals surface area contributed by atoms with Crippen molar-refractivity contribution in [2.24, 2.45) is 0 Å². The SMILES string of the molecule is C=CC(F)[Si](OC)(OC)OC. The zero-order valence-electron chi connectivity index (χ0n) is 6.96. The predicted octanol–water partition coefficient (Wildman–Crippen LogP) is 0.928. The smallest absolute Gasteiger partial charge is 0.375 e. The minimum atomic E-state index is -3.11. The predicted molar refractivity (Wildman–Crippen MR) is 41.9 cm³/mol. The molecule has 3 nitrogen and oxygen atoms in total. The number of allylic oxidation sites excluding steroid dienone is 1. The van der Waals surface area contributed by atoms with Crippen LogP contribution in [0.1, 0.15) is 0 Å². The van der Waals surface area contributed by atoms with Crippen LogP contribution in [0.3, 0.4) is 0 Å². The summed E-state index contributed by atoms with van der Waals surface area (Å²) >= 11 is 0. The summed E-state index contributed by atoms with van der Waals surface area (Å²) in [4.78, 5) is 0. The van der Waals surface area contributed by atoms with Gasteiger partial charge in [0.1, 0.15) is 0 Å². The lowest BCUT2D eigenvalue weighted by atomic mass is 10.7. The summed E-state index contributed by atoms with van der Waals surface area (Å²) in [7, 11) is 0.964. The Morgan fingerprint density at radius 3 is 1.73 bits per heavy atom. The van der Waals surface area contributed by atoms with E-state index in [1.54, 1.807) is 0 Å². The molecule has 0 spiro atoms. The number of hydrogen-bond donors (Lipinski definition) is 0. The molecule has 0 aliphatic carbocycles. The lowest BCUT2D eigenvalue weighted by Crippen LogP contribution is -2.51. The average Bonchev–Trinajstić information content (AvgIpc) is 2.08. The Morgan fingerprint density at radius 2 is 1.64 bits per heavy atom. The van der Waals surface area contributed by atoms with Gasteiger partial charge in [-0.05, 0) is 0 Å². The average molecular weight is 180 g/mol. The number of alkyl halides is 1. The Hall–Kier alpha value is -0.233. The maximum absolute atomic E-state index is 13.0. The Morgan fingerprint density at radius 1 is 1.27 bits per heavy atom. The van der Waals surface area contributed by atoms with E-state index in [9.17, 15) is 4.39 Å². The van der Waals surface area contributed by atoms with E-state index in [1.807, 2.05) is 0 Å². The van der Waals surface area contributed by atoms with Crippen LogP contribution in [-0.2, 0) is 13.3 Å². The quantitative estimate of drug-likeness (QED) is 0.465. The second-order valence-corrected chi connectivity index (χ2v) is 4.84. The van der Waals surface area contributed by atoms with Crippen molar-refractivity contribution in [3.05, 3.63) is 12.7 Å². The van der Waals surface area contributed by atoms with Crippen molar-refractivity contribution in [1.29, 1.82) is 0 Å². The zero-order chi connectivity index (χ0) is 8.91. The van der Waals surface area contributed by atoms with Crippen LogP contribution < -0.4 is 0 Å². The van der Waals surface area contributed by atoms with Crippen molar-refractivity contribution in [3.63, 3.8) is 0 Å². The molecule has 0 saturated carbocycles. The van der Waals surface area contributed by atoms with Gasteiger partial charge in [-0.25, -0.2) is 4.39 Å². The standard InChI is InChI=1S/C6H13FO3Si/c1-5-6(7)11(8-2,9-3)10-4/h5-6H,1H2,2-4H3. The fourth-order valence-electron chi connectivity index (χ4n) is 0.732. The van der Waals surface area contributed by atoms with Gasteiger partial charge < -0.3 is 13.3 Å². The maximum atomic E-state index is 13.0. The second kappa shape index (κ2) is 4.61. The highest BCUT2D eigenvalue weighted by Crippen LogP contribution is 2.15. The molecule has 0 aromatic rings. The van der Waals surface area contributed by atoms with Crippen molar-refractivity contribution in [1.82, 2.24) is 0 Å². The summed E-state index contributed by atoms with van der Waals surface area (Å²) in [5.41, 5.74) is 0. The first-order valence-corrected chi connectivity index (χ1v) is 4.89. The maximum Gasteiger partial charge on any atom is 0.540 e. The summed E-state index contributed by atoms with van der Waals surface area (Å²) < 4.78 is 27.5. The van der Waals surface area contributed by atoms with Crippen molar-refractivity contribution < 1.29 is 17.7 Å². The summed E-state index contributed by atoms with van der Waals surface area (Å²) in [6.45, 7) is 3.29. The molecule has 0 aromatic heterocycles. The molecule has 0 saturated heterocycles. The number of halogens is 1. The highest BCUT2D eigenvalue weighted by Gasteiger charge is 2.46. The van der Waals surface area contributed by atoms with Gasteiger partial charge in [-0.3, -0.25) is 0 Å². The molecule has 0 rings (SSSR count). The molecule has 1 unspecified atom stereocenters. The lowest BCUT2D eigenvalue weighted by molar-refractivity contribution is 0.0983. The monoisotopic (exact) mass is 180 g/mol. The van der Waals surface area contributed by atoms with Crippen LogP contribution in [0, 0.1) is 0 Å². The van der Waals surface area contributed by atoms with E-state index in [4.69, 9.17) is 13.3 Å². The van der Waals surface area contributed by atoms with Crippen LogP contribution in [0.15, 0.2) is 12.7 Å². The molecule has 0 bridgehead atoms. The van der Waals surface area contributed by atoms with Crippen LogP contribution >= 0.6 is 0 Å². The fraction of sp³-hybridized carbons (Fsp3) is 0.667. The molecule has 1 atom stereocenters. The molecular formula is C6H13FO3Si. The third-order valence-electron chi connectivity index (χ3n) is 1.40. The first-order valence-electron chi connectivity index (χ1n) is 3.09. The van der Waals surface area contributed by atoms with Gasteiger partial charge in [0, 0.05) is 21.3 Å². The normalized spacial score (nSPS) is 14.5. The van der Waals surface area contributed by atoms with Crippen molar-refractivity contribution in [3.8, 4) is 0 Å². The number of hydrogen-bond acceptors (Lipinski definition) is 3. The lowest BCUT2D eigenvalue weighted by Gasteiger charge is -2.25. The Bertz CT molecular complexity index is 119. The fourth-order valence-corrected chi connectivity index (χ4v) is 2.20. The molecule has 0 amide bonds. The molecule has 0 N–H and O–H groups in total. The van der Waals surface area contributed by atoms with Crippen LogP contribution in [-0.4, -0.2) is 35.9 Å². The van der Waals surface area contributed by atoms with Gasteiger partial charge in [0.15, 0.2) is 5.79 Å². The van der Waals surface area contributed by atoms with E-state index in [0.29, 0.717) is 0 Å². The van der Waals surface area contributed by atoms with E-state index in [2.05, 4.69) is 6.58 Å². The van der Waals surface area contributed by atoms with Gasteiger partial charge in [0.25, 0.3) is 0 Å². The van der Waals surface area contributed by atoms with Crippen LogP contribution in [0.4, 0.5) is 4.39 Å². The number of rotatable bonds is 5. The summed E-state index contributed by atoms with van der Waals surface area (Å²) in [6.07, 6.45) is 1.11. The van der Waals surface area contributed by atoms with Crippen molar-refractivity contribution in [2.45, 2.75) is 5.79 Å². The first-order chi connectivity index (χ1) is 5.16. The van der Waals surface area contributed by atoms with E-state index in [1.165, 1.54) is 21.3 Å². The Kier molecular flexibility index (Phi) is 4.51. The van der Waals surface area contributed by atoms with E-state index >= 15 is 0 Å². The largest absolute Gasteiger partial charge is 0.540 e. The van der Waals surface area contributed by atoms with Crippen LogP contribution in [0.2, 0.25) is 0 Å². The zero-order valence-corrected chi connectivity index (χ0v) is 7.96. The van der Waals surface area contributed by atoms with Gasteiger partial charge in [-0.2, -0.15) is 0 Å². The van der Waals surface area contributed by atoms with Gasteiger partial charge >= 0.3 is 8.80 Å². The molecule has 11 heavy (non-hydrogen) atoms. The van der Waals surface area contributed by atoms with Gasteiger partial charge in [0.2, 0.25) is 0 Å². The van der Waals surface area contributed by atoms with Crippen molar-refractivity contribution >= 4 is 8.80 Å². The molecule has 0 aliphatic heterocycles. The van der Waals surface area contributed by atoms with Crippen LogP contribution in [0.5, 0.6) is 0 Å². The van der Waals surface area contributed by atoms with E-state index in [0.717, 1.165) is 6.08 Å². The molecular weight excluding hydrogens is 167 g/mol. The third-order valence-corrected chi connectivity index (χ3v) is 4.02. The van der Waals surface area contributed by atoms with E-state index < -0.39 is 14.6 Å². The summed E-state index contributed by atoms with van der Waals surface area (Å²) in [6, 6.07) is 0. The van der Waals surface area contributed by atoms with Gasteiger partial charge in [-0.1, -0.05) is 6.08 Å². The topological polar surface area (TPSA) is 27.7 Å². The van der Waals surface area contributed by atoms with Crippen molar-refractivity contribution in [2.75, 3.05) is 21.3 Å². The molecule has 66 valence electrons. The molecule has 0 heterocycles. The Labute approximate surface area is 67.1 Å². The second-order valence-electron chi connectivity index (χ2n) is 1.85. The third kappa shape index (κ3) is 2.10. The molecule has 0 fully saturated rings. The van der Waals surface area contributed by atoms with Gasteiger partial charge in [-0.15, -0.1) is 6.58 Å². The van der Waals surface area contributed by atoms with Crippen LogP contribution in [0.25, 0.3) is 0 Å².